The predicted molar refractivity (Wildman–Crippen MR) is 148 cm³/mol. The zero-order chi connectivity index (χ0) is 27.7. The Bertz CT molecular complexity index is 1430. The van der Waals surface area contributed by atoms with Gasteiger partial charge in [-0.15, -0.1) is 0 Å². The van der Waals surface area contributed by atoms with E-state index in [1.165, 1.54) is 4.90 Å². The Balaban J connectivity index is 1.59. The molecule has 1 saturated heterocycles. The molecule has 1 fully saturated rings. The first kappa shape index (κ1) is 26.4. The third-order valence-corrected chi connectivity index (χ3v) is 7.00. The topological polar surface area (TPSA) is 85.3 Å². The van der Waals surface area contributed by atoms with E-state index in [1.807, 2.05) is 43.3 Å². The normalized spacial score (nSPS) is 18.1. The number of ether oxygens (including phenoxy) is 3. The number of Topliss-reactive ketones (excluding diaryl/α,β-unsaturated/α-hetero) is 1. The Morgan fingerprint density at radius 1 is 1.00 bits per heavy atom. The van der Waals surface area contributed by atoms with E-state index in [9.17, 15) is 14.7 Å². The number of carbonyl (C=O) groups is 2. The Morgan fingerprint density at radius 3 is 2.46 bits per heavy atom. The van der Waals surface area contributed by atoms with Crippen molar-refractivity contribution in [3.8, 4) is 17.2 Å². The molecule has 1 amide bonds. The van der Waals surface area contributed by atoms with Crippen LogP contribution in [0.1, 0.15) is 62.4 Å². The average Bonchev–Trinajstić information content (AvgIpc) is 3.49. The minimum atomic E-state index is -0.773. The number of aliphatic hydroxyl groups excluding tert-OH is 1. The minimum Gasteiger partial charge on any atom is -0.507 e. The minimum absolute atomic E-state index is 0.0527. The van der Waals surface area contributed by atoms with Crippen LogP contribution in [0.25, 0.3) is 5.76 Å². The lowest BCUT2D eigenvalue weighted by Crippen LogP contribution is -2.29. The second-order valence-electron chi connectivity index (χ2n) is 10.9. The van der Waals surface area contributed by atoms with Gasteiger partial charge in [-0.1, -0.05) is 70.2 Å². The monoisotopic (exact) mass is 527 g/mol. The standard InChI is InChI=1S/C32H33NO6/c1-5-15-37-24-8-6-7-22(17-24)29(34)27-28(21-10-12-23(13-11-21)32(2,3)4)33(31(36)30(27)35)18-20-9-14-25-26(16-20)39-19-38-25/h6-14,16-17,28,34H,5,15,18-19H2,1-4H3/b29-27+. The van der Waals surface area contributed by atoms with Gasteiger partial charge in [0.1, 0.15) is 11.5 Å². The Hall–Kier alpha value is -4.26. The van der Waals surface area contributed by atoms with Gasteiger partial charge in [0.25, 0.3) is 11.7 Å². The zero-order valence-corrected chi connectivity index (χ0v) is 22.7. The van der Waals surface area contributed by atoms with E-state index in [0.29, 0.717) is 29.4 Å². The molecule has 3 aromatic carbocycles. The fourth-order valence-corrected chi connectivity index (χ4v) is 4.90. The maximum Gasteiger partial charge on any atom is 0.295 e. The van der Waals surface area contributed by atoms with Crippen LogP contribution in [0.4, 0.5) is 0 Å². The van der Waals surface area contributed by atoms with Crippen LogP contribution in [0.5, 0.6) is 17.2 Å². The number of carbonyl (C=O) groups excluding carboxylic acids is 2. The van der Waals surface area contributed by atoms with E-state index in [4.69, 9.17) is 14.2 Å². The molecule has 2 aliphatic rings. The second-order valence-corrected chi connectivity index (χ2v) is 10.9. The highest BCUT2D eigenvalue weighted by molar-refractivity contribution is 6.46. The van der Waals surface area contributed by atoms with Crippen molar-refractivity contribution in [2.45, 2.75) is 52.1 Å². The van der Waals surface area contributed by atoms with Crippen molar-refractivity contribution < 1.29 is 28.9 Å². The first-order chi connectivity index (χ1) is 18.7. The third kappa shape index (κ3) is 5.21. The van der Waals surface area contributed by atoms with Gasteiger partial charge < -0.3 is 24.2 Å². The second kappa shape index (κ2) is 10.5. The molecule has 0 saturated carbocycles. The van der Waals surface area contributed by atoms with Crippen molar-refractivity contribution in [1.82, 2.24) is 4.90 Å². The summed E-state index contributed by atoms with van der Waals surface area (Å²) >= 11 is 0. The summed E-state index contributed by atoms with van der Waals surface area (Å²) in [5, 5.41) is 11.5. The summed E-state index contributed by atoms with van der Waals surface area (Å²) in [4.78, 5) is 28.5. The Morgan fingerprint density at radius 2 is 1.74 bits per heavy atom. The largest absolute Gasteiger partial charge is 0.507 e. The number of hydrogen-bond donors (Lipinski definition) is 1. The first-order valence-corrected chi connectivity index (χ1v) is 13.2. The van der Waals surface area contributed by atoms with Crippen molar-refractivity contribution in [3.05, 3.63) is 94.6 Å². The van der Waals surface area contributed by atoms with Crippen molar-refractivity contribution in [2.24, 2.45) is 0 Å². The maximum absolute atomic E-state index is 13.5. The van der Waals surface area contributed by atoms with Gasteiger partial charge in [-0.3, -0.25) is 9.59 Å². The molecule has 7 nitrogen and oxygen atoms in total. The Labute approximate surface area is 228 Å². The number of amides is 1. The number of aliphatic hydroxyl groups is 1. The molecule has 1 unspecified atom stereocenters. The molecule has 5 rings (SSSR count). The summed E-state index contributed by atoms with van der Waals surface area (Å²) in [6, 6.07) is 19.5. The van der Waals surface area contributed by atoms with Gasteiger partial charge >= 0.3 is 0 Å². The lowest BCUT2D eigenvalue weighted by atomic mass is 9.85. The fourth-order valence-electron chi connectivity index (χ4n) is 4.90. The van der Waals surface area contributed by atoms with E-state index < -0.39 is 17.7 Å². The predicted octanol–water partition coefficient (Wildman–Crippen LogP) is 6.12. The van der Waals surface area contributed by atoms with Gasteiger partial charge in [-0.2, -0.15) is 0 Å². The molecule has 3 aromatic rings. The van der Waals surface area contributed by atoms with Gasteiger partial charge in [0.05, 0.1) is 18.2 Å². The molecule has 0 radical (unpaired) electrons. The van der Waals surface area contributed by atoms with Crippen molar-refractivity contribution in [1.29, 1.82) is 0 Å². The number of fused-ring (bicyclic) bond motifs is 1. The van der Waals surface area contributed by atoms with Crippen LogP contribution in [0.15, 0.2) is 72.3 Å². The number of rotatable bonds is 7. The van der Waals surface area contributed by atoms with E-state index in [0.717, 1.165) is 23.1 Å². The summed E-state index contributed by atoms with van der Waals surface area (Å²) in [7, 11) is 0. The van der Waals surface area contributed by atoms with Gasteiger partial charge in [0.2, 0.25) is 6.79 Å². The number of ketones is 1. The molecule has 2 heterocycles. The number of nitrogens with zero attached hydrogens (tertiary/aromatic N) is 1. The van der Waals surface area contributed by atoms with Gasteiger partial charge in [0.15, 0.2) is 11.5 Å². The summed E-state index contributed by atoms with van der Waals surface area (Å²) in [6.07, 6.45) is 0.839. The highest BCUT2D eigenvalue weighted by atomic mass is 16.7. The van der Waals surface area contributed by atoms with Gasteiger partial charge in [-0.25, -0.2) is 0 Å². The third-order valence-electron chi connectivity index (χ3n) is 7.00. The van der Waals surface area contributed by atoms with E-state index in [-0.39, 0.29) is 30.1 Å². The number of likely N-dealkylation sites (tertiary alicyclic amines) is 1. The lowest BCUT2D eigenvalue weighted by Gasteiger charge is -2.26. The zero-order valence-electron chi connectivity index (χ0n) is 22.7. The smallest absolute Gasteiger partial charge is 0.295 e. The summed E-state index contributed by atoms with van der Waals surface area (Å²) in [5.41, 5.74) is 3.05. The summed E-state index contributed by atoms with van der Waals surface area (Å²) < 4.78 is 16.7. The number of benzene rings is 3. The molecule has 0 aromatic heterocycles. The van der Waals surface area contributed by atoms with Gasteiger partial charge in [0, 0.05) is 12.1 Å². The van der Waals surface area contributed by atoms with E-state index in [2.05, 4.69) is 20.8 Å². The van der Waals surface area contributed by atoms with Crippen molar-refractivity contribution in [2.75, 3.05) is 13.4 Å². The molecule has 0 spiro atoms. The van der Waals surface area contributed by atoms with Crippen LogP contribution in [-0.4, -0.2) is 35.1 Å². The van der Waals surface area contributed by atoms with Crippen LogP contribution in [0, 0.1) is 0 Å². The van der Waals surface area contributed by atoms with E-state index >= 15 is 0 Å². The molecule has 202 valence electrons. The fraction of sp³-hybridized carbons (Fsp3) is 0.312. The molecule has 39 heavy (non-hydrogen) atoms. The van der Waals surface area contributed by atoms with Crippen molar-refractivity contribution >= 4 is 17.4 Å². The molecular formula is C32H33NO6. The van der Waals surface area contributed by atoms with Crippen LogP contribution in [0.2, 0.25) is 0 Å². The van der Waals surface area contributed by atoms with Crippen LogP contribution in [0.3, 0.4) is 0 Å². The quantitative estimate of drug-likeness (QED) is 0.226. The number of hydrogen-bond acceptors (Lipinski definition) is 6. The maximum atomic E-state index is 13.5. The van der Waals surface area contributed by atoms with Crippen LogP contribution in [-0.2, 0) is 21.5 Å². The first-order valence-electron chi connectivity index (χ1n) is 13.2. The Kier molecular flexibility index (Phi) is 7.08. The van der Waals surface area contributed by atoms with Crippen molar-refractivity contribution in [3.63, 3.8) is 0 Å². The molecule has 0 bridgehead atoms. The molecule has 1 atom stereocenters. The van der Waals surface area contributed by atoms with Crippen LogP contribution >= 0.6 is 0 Å². The molecule has 1 N–H and O–H groups in total. The highest BCUT2D eigenvalue weighted by Crippen LogP contribution is 2.42. The average molecular weight is 528 g/mol. The summed E-state index contributed by atoms with van der Waals surface area (Å²) in [5.74, 6) is 0.199. The molecule has 0 aliphatic carbocycles. The molecular weight excluding hydrogens is 494 g/mol. The van der Waals surface area contributed by atoms with Gasteiger partial charge in [-0.05, 0) is 52.8 Å². The SMILES string of the molecule is CCCOc1cccc(/C(O)=C2\C(=O)C(=O)N(Cc3ccc4c(c3)OCO4)C2c2ccc(C(C)(C)C)cc2)c1. The molecule has 7 heteroatoms. The van der Waals surface area contributed by atoms with E-state index in [1.54, 1.807) is 30.3 Å². The summed E-state index contributed by atoms with van der Waals surface area (Å²) in [6.45, 7) is 9.22. The van der Waals surface area contributed by atoms with Crippen LogP contribution < -0.4 is 14.2 Å². The highest BCUT2D eigenvalue weighted by Gasteiger charge is 2.46. The molecule has 2 aliphatic heterocycles. The lowest BCUT2D eigenvalue weighted by molar-refractivity contribution is -0.140.